The average Bonchev–Trinajstić information content (AvgIpc) is 2.97. The molecule has 0 aliphatic carbocycles. The second kappa shape index (κ2) is 6.56. The summed E-state index contributed by atoms with van der Waals surface area (Å²) >= 11 is 0. The van der Waals surface area contributed by atoms with E-state index in [1.165, 1.54) is 0 Å². The van der Waals surface area contributed by atoms with Crippen LogP contribution in [0.25, 0.3) is 0 Å². The number of pyridine rings is 1. The number of carbonyl (C=O) groups is 2. The van der Waals surface area contributed by atoms with Crippen molar-refractivity contribution in [1.29, 1.82) is 0 Å². The molecule has 2 aliphatic heterocycles. The van der Waals surface area contributed by atoms with Gasteiger partial charge in [-0.15, -0.1) is 0 Å². The number of aromatic nitrogens is 1. The van der Waals surface area contributed by atoms with Crippen LogP contribution in [0.4, 0.5) is 5.82 Å². The summed E-state index contributed by atoms with van der Waals surface area (Å²) in [6.07, 6.45) is 2.15. The van der Waals surface area contributed by atoms with E-state index in [0.29, 0.717) is 26.1 Å². The van der Waals surface area contributed by atoms with E-state index in [1.54, 1.807) is 6.20 Å². The van der Waals surface area contributed by atoms with Gasteiger partial charge in [-0.2, -0.15) is 0 Å². The Labute approximate surface area is 137 Å². The van der Waals surface area contributed by atoms with E-state index in [9.17, 15) is 9.59 Å². The van der Waals surface area contributed by atoms with E-state index in [1.807, 2.05) is 41.8 Å². The van der Waals surface area contributed by atoms with Crippen molar-refractivity contribution in [2.24, 2.45) is 5.92 Å². The Morgan fingerprint density at radius 2 is 1.96 bits per heavy atom. The molecule has 0 unspecified atom stereocenters. The Hall–Kier alpha value is -2.11. The number of carbonyl (C=O) groups excluding carboxylic acids is 2. The molecule has 2 fully saturated rings. The van der Waals surface area contributed by atoms with Crippen LogP contribution < -0.4 is 4.90 Å². The van der Waals surface area contributed by atoms with Crippen molar-refractivity contribution in [3.63, 3.8) is 0 Å². The number of rotatable bonds is 3. The summed E-state index contributed by atoms with van der Waals surface area (Å²) in [5.74, 6) is 1.01. The fourth-order valence-corrected chi connectivity index (χ4v) is 3.35. The zero-order chi connectivity index (χ0) is 16.4. The highest BCUT2D eigenvalue weighted by Crippen LogP contribution is 2.23. The molecule has 0 saturated carbocycles. The van der Waals surface area contributed by atoms with E-state index in [0.717, 1.165) is 18.9 Å². The quantitative estimate of drug-likeness (QED) is 0.834. The van der Waals surface area contributed by atoms with Crippen molar-refractivity contribution in [3.05, 3.63) is 24.4 Å². The summed E-state index contributed by atoms with van der Waals surface area (Å²) in [6.45, 7) is 7.53. The molecular formula is C17H24N4O2. The first-order chi connectivity index (χ1) is 11.1. The first kappa shape index (κ1) is 15.8. The molecule has 1 atom stereocenters. The lowest BCUT2D eigenvalue weighted by Crippen LogP contribution is -2.51. The van der Waals surface area contributed by atoms with Gasteiger partial charge >= 0.3 is 0 Å². The number of piperazine rings is 1. The first-order valence-electron chi connectivity index (χ1n) is 8.30. The molecule has 0 N–H and O–H groups in total. The van der Waals surface area contributed by atoms with Crippen molar-refractivity contribution in [2.45, 2.75) is 26.3 Å². The Morgan fingerprint density at radius 3 is 2.52 bits per heavy atom. The van der Waals surface area contributed by atoms with Crippen LogP contribution in [0.5, 0.6) is 0 Å². The van der Waals surface area contributed by atoms with Crippen molar-refractivity contribution in [1.82, 2.24) is 14.8 Å². The third-order valence-electron chi connectivity index (χ3n) is 4.70. The molecule has 23 heavy (non-hydrogen) atoms. The highest BCUT2D eigenvalue weighted by molar-refractivity contribution is 5.89. The molecule has 1 aromatic rings. The van der Waals surface area contributed by atoms with Crippen LogP contribution in [0.15, 0.2) is 24.4 Å². The topological polar surface area (TPSA) is 56.8 Å². The fraction of sp³-hybridized carbons (Fsp3) is 0.588. The summed E-state index contributed by atoms with van der Waals surface area (Å²) in [7, 11) is 0. The molecule has 1 aromatic heterocycles. The van der Waals surface area contributed by atoms with Crippen LogP contribution in [0.1, 0.15) is 20.3 Å². The van der Waals surface area contributed by atoms with Crippen LogP contribution >= 0.6 is 0 Å². The van der Waals surface area contributed by atoms with E-state index in [2.05, 4.69) is 9.88 Å². The third-order valence-corrected chi connectivity index (χ3v) is 4.70. The summed E-state index contributed by atoms with van der Waals surface area (Å²) in [6, 6.07) is 6.04. The van der Waals surface area contributed by atoms with Gasteiger partial charge in [-0.25, -0.2) is 4.98 Å². The molecule has 2 amide bonds. The molecule has 2 aliphatic rings. The predicted molar refractivity (Wildman–Crippen MR) is 88.0 cm³/mol. The Morgan fingerprint density at radius 1 is 1.22 bits per heavy atom. The number of hydrogen-bond acceptors (Lipinski definition) is 4. The van der Waals surface area contributed by atoms with Gasteiger partial charge in [-0.05, 0) is 26.0 Å². The lowest BCUT2D eigenvalue weighted by molar-refractivity contribution is -0.136. The van der Waals surface area contributed by atoms with Gasteiger partial charge in [0.05, 0.1) is 5.92 Å². The average molecular weight is 316 g/mol. The molecule has 6 heteroatoms. The second-order valence-corrected chi connectivity index (χ2v) is 6.54. The van der Waals surface area contributed by atoms with Gasteiger partial charge < -0.3 is 14.7 Å². The van der Waals surface area contributed by atoms with Gasteiger partial charge in [0.15, 0.2) is 0 Å². The number of likely N-dealkylation sites (tertiary alicyclic amines) is 1. The molecule has 124 valence electrons. The number of anilines is 1. The maximum absolute atomic E-state index is 12.7. The van der Waals surface area contributed by atoms with Gasteiger partial charge in [0, 0.05) is 51.4 Å². The first-order valence-corrected chi connectivity index (χ1v) is 8.30. The normalized spacial score (nSPS) is 22.1. The van der Waals surface area contributed by atoms with Crippen LogP contribution in [0, 0.1) is 5.92 Å². The van der Waals surface area contributed by atoms with Gasteiger partial charge in [0.2, 0.25) is 11.8 Å². The lowest BCUT2D eigenvalue weighted by Gasteiger charge is -2.36. The second-order valence-electron chi connectivity index (χ2n) is 6.54. The van der Waals surface area contributed by atoms with Crippen LogP contribution in [0.2, 0.25) is 0 Å². The van der Waals surface area contributed by atoms with Gasteiger partial charge in [0.25, 0.3) is 0 Å². The minimum absolute atomic E-state index is 0.102. The molecule has 3 heterocycles. The van der Waals surface area contributed by atoms with E-state index < -0.39 is 0 Å². The summed E-state index contributed by atoms with van der Waals surface area (Å²) in [4.78, 5) is 34.9. The molecule has 0 bridgehead atoms. The maximum atomic E-state index is 12.7. The number of amides is 2. The highest BCUT2D eigenvalue weighted by Gasteiger charge is 2.38. The van der Waals surface area contributed by atoms with Crippen molar-refractivity contribution < 1.29 is 9.59 Å². The van der Waals surface area contributed by atoms with Crippen molar-refractivity contribution >= 4 is 17.6 Å². The zero-order valence-corrected chi connectivity index (χ0v) is 13.8. The fourth-order valence-electron chi connectivity index (χ4n) is 3.35. The molecular weight excluding hydrogens is 292 g/mol. The maximum Gasteiger partial charge on any atom is 0.228 e. The number of hydrogen-bond donors (Lipinski definition) is 0. The smallest absolute Gasteiger partial charge is 0.228 e. The van der Waals surface area contributed by atoms with Crippen molar-refractivity contribution in [3.8, 4) is 0 Å². The highest BCUT2D eigenvalue weighted by atomic mass is 16.2. The van der Waals surface area contributed by atoms with Crippen LogP contribution in [0.3, 0.4) is 0 Å². The van der Waals surface area contributed by atoms with Crippen LogP contribution in [-0.4, -0.2) is 65.4 Å². The third kappa shape index (κ3) is 3.30. The van der Waals surface area contributed by atoms with Gasteiger partial charge in [-0.3, -0.25) is 9.59 Å². The summed E-state index contributed by atoms with van der Waals surface area (Å²) < 4.78 is 0. The summed E-state index contributed by atoms with van der Waals surface area (Å²) in [5.41, 5.74) is 0. The minimum Gasteiger partial charge on any atom is -0.353 e. The molecule has 6 nitrogen and oxygen atoms in total. The van der Waals surface area contributed by atoms with E-state index in [-0.39, 0.29) is 23.8 Å². The molecule has 2 saturated heterocycles. The molecule has 3 rings (SSSR count). The van der Waals surface area contributed by atoms with E-state index >= 15 is 0 Å². The summed E-state index contributed by atoms with van der Waals surface area (Å²) in [5, 5.41) is 0. The minimum atomic E-state index is -0.175. The zero-order valence-electron chi connectivity index (χ0n) is 13.8. The SMILES string of the molecule is CC(C)N1C[C@@H](C(=O)N2CCN(c3ccccn3)CC2)CC1=O. The molecule has 0 spiro atoms. The molecule has 0 radical (unpaired) electrons. The Kier molecular flexibility index (Phi) is 4.50. The standard InChI is InChI=1S/C17H24N4O2/c1-13(2)21-12-14(11-16(21)22)17(23)20-9-7-19(8-10-20)15-5-3-4-6-18-15/h3-6,13-14H,7-12H2,1-2H3/t14-/m0/s1. The van der Waals surface area contributed by atoms with Gasteiger partial charge in [0.1, 0.15) is 5.82 Å². The predicted octanol–water partition coefficient (Wildman–Crippen LogP) is 0.987. The lowest BCUT2D eigenvalue weighted by atomic mass is 10.1. The largest absolute Gasteiger partial charge is 0.353 e. The number of nitrogens with zero attached hydrogens (tertiary/aromatic N) is 4. The van der Waals surface area contributed by atoms with Gasteiger partial charge in [-0.1, -0.05) is 6.07 Å². The Balaban J connectivity index is 1.56. The van der Waals surface area contributed by atoms with Crippen LogP contribution in [-0.2, 0) is 9.59 Å². The Bertz CT molecular complexity index is 567. The van der Waals surface area contributed by atoms with Crippen molar-refractivity contribution in [2.75, 3.05) is 37.6 Å². The molecule has 0 aromatic carbocycles. The van der Waals surface area contributed by atoms with E-state index in [4.69, 9.17) is 0 Å². The monoisotopic (exact) mass is 316 g/mol.